The Labute approximate surface area is 724 Å². The highest BCUT2D eigenvalue weighted by molar-refractivity contribution is 7.98. The molecule has 8 nitrogen and oxygen atoms in total. The number of hydrogen-bond donors (Lipinski definition) is 0. The molecule has 0 bridgehead atoms. The van der Waals surface area contributed by atoms with Crippen LogP contribution in [0.25, 0.3) is 0 Å². The third kappa shape index (κ3) is 29.2. The Morgan fingerprint density at radius 1 is 0.263 bits per heavy atom. The SMILES string of the molecule is C.C.C.C.C.C.C.C.CCC(C)(C)C(=O)Oc1c(C)cc([S+](c2ccccc2)c2ccccc2)cc1C.CCC(C)(C)C(=O)Oc1ccc([S+](c2ccccc2)c2ccccc2)cc1.CCC(C)C(=O)Oc1c(C)cc([S+](c2ccccc2)c2ccccc2)cc1C.CCC(C)C(=O)Oc1ccc([S+](c2ccccc2)c2ccccc2)cc1. The van der Waals surface area contributed by atoms with E-state index in [1.807, 2.05) is 170 Å². The van der Waals surface area contributed by atoms with Crippen molar-refractivity contribution in [2.24, 2.45) is 22.7 Å². The average molecular weight is 1670 g/mol. The number of esters is 4. The number of benzene rings is 12. The molecule has 628 valence electrons. The fourth-order valence-electron chi connectivity index (χ4n) is 11.3. The molecule has 12 heteroatoms. The van der Waals surface area contributed by atoms with Crippen LogP contribution in [0.4, 0.5) is 0 Å². The van der Waals surface area contributed by atoms with Gasteiger partial charge >= 0.3 is 23.9 Å². The minimum atomic E-state index is -0.490. The maximum Gasteiger partial charge on any atom is 0.316 e. The smallest absolute Gasteiger partial charge is 0.316 e. The molecule has 0 aliphatic carbocycles. The van der Waals surface area contributed by atoms with E-state index >= 15 is 0 Å². The molecule has 0 aromatic heterocycles. The quantitative estimate of drug-likeness (QED) is 0.0335. The van der Waals surface area contributed by atoms with E-state index < -0.39 is 10.8 Å². The van der Waals surface area contributed by atoms with Crippen molar-refractivity contribution >= 4 is 67.5 Å². The summed E-state index contributed by atoms with van der Waals surface area (Å²) in [6.45, 7) is 27.5. The maximum atomic E-state index is 12.6. The molecule has 0 saturated carbocycles. The highest BCUT2D eigenvalue weighted by Gasteiger charge is 2.36. The molecule has 0 radical (unpaired) electrons. The van der Waals surface area contributed by atoms with Crippen LogP contribution in [0, 0.1) is 50.4 Å². The van der Waals surface area contributed by atoms with Crippen LogP contribution in [0.5, 0.6) is 23.0 Å². The third-order valence-electron chi connectivity index (χ3n) is 19.0. The van der Waals surface area contributed by atoms with Crippen LogP contribution >= 0.6 is 0 Å². The van der Waals surface area contributed by atoms with Gasteiger partial charge in [0.1, 0.15) is 23.0 Å². The molecular formula is C106H136O8S4+4. The molecule has 0 fully saturated rings. The molecule has 2 unspecified atom stereocenters. The van der Waals surface area contributed by atoms with E-state index in [1.54, 1.807) is 0 Å². The van der Waals surface area contributed by atoms with E-state index in [1.165, 1.54) is 58.7 Å². The first-order valence-electron chi connectivity index (χ1n) is 37.7. The molecule has 0 N–H and O–H groups in total. The first-order chi connectivity index (χ1) is 53.0. The Bertz CT molecular complexity index is 4650. The zero-order valence-electron chi connectivity index (χ0n) is 65.9. The number of carbonyl (C=O) groups is 4. The fraction of sp³-hybridized carbons (Fsp3) is 0.283. The normalized spacial score (nSPS) is 10.9. The lowest BCUT2D eigenvalue weighted by Gasteiger charge is -2.22. The standard InChI is InChI=1S/C26H29O2S.C25H27O2S.C24H25O2S.C23H23O2S.8CH4/c1-6-26(4,5)25(27)28-24-19(2)17-23(18-20(24)3)29(21-13-9-7-10-14-21)22-15-11-8-12-16-22;1-5-18(2)25(26)27-24-19(3)16-23(17-20(24)4)28(21-12-8-6-9-13-21)22-14-10-7-11-15-22;1-4-24(2,3)23(25)26-19-15-17-22(18-16-19)27(20-11-7-5-8-12-20)21-13-9-6-10-14-21;1-3-18(2)23(24)25-19-14-16-22(17-15-19)26(20-10-6-4-7-11-20)21-12-8-5-9-13-21;;;;;;;;/h7-18H,6H2,1-5H3;6-18H,5H2,1-4H3;5-18H,4H2,1-3H3;4-18H,3H2,1-2H3;8*1H4/q4*+1;;;;;;;;. The van der Waals surface area contributed by atoms with Crippen LogP contribution in [0.15, 0.2) is 374 Å². The van der Waals surface area contributed by atoms with E-state index in [0.29, 0.717) is 23.0 Å². The highest BCUT2D eigenvalue weighted by Crippen LogP contribution is 2.40. The summed E-state index contributed by atoms with van der Waals surface area (Å²) < 4.78 is 22.6. The lowest BCUT2D eigenvalue weighted by molar-refractivity contribution is -0.144. The summed E-state index contributed by atoms with van der Waals surface area (Å²) in [7, 11) is -0.804. The van der Waals surface area contributed by atoms with Gasteiger partial charge in [-0.25, -0.2) is 0 Å². The van der Waals surface area contributed by atoms with Crippen molar-refractivity contribution in [1.82, 2.24) is 0 Å². The Morgan fingerprint density at radius 3 is 0.669 bits per heavy atom. The summed E-state index contributed by atoms with van der Waals surface area (Å²) in [5.74, 6) is 1.69. The topological polar surface area (TPSA) is 105 Å². The number of rotatable bonds is 24. The lowest BCUT2D eigenvalue weighted by atomic mass is 9.90. The van der Waals surface area contributed by atoms with Gasteiger partial charge in [-0.2, -0.15) is 0 Å². The van der Waals surface area contributed by atoms with E-state index in [4.69, 9.17) is 18.9 Å². The second kappa shape index (κ2) is 52.0. The van der Waals surface area contributed by atoms with Gasteiger partial charge < -0.3 is 18.9 Å². The summed E-state index contributed by atoms with van der Waals surface area (Å²) in [5.41, 5.74) is 3.01. The van der Waals surface area contributed by atoms with Gasteiger partial charge in [0, 0.05) is 24.3 Å². The molecule has 0 heterocycles. The Morgan fingerprint density at radius 2 is 0.449 bits per heavy atom. The van der Waals surface area contributed by atoms with Gasteiger partial charge in [0.2, 0.25) is 0 Å². The third-order valence-corrected chi connectivity index (χ3v) is 27.9. The van der Waals surface area contributed by atoms with Crippen LogP contribution < -0.4 is 18.9 Å². The number of ether oxygens (including phenoxy) is 4. The predicted octanol–water partition coefficient (Wildman–Crippen LogP) is 30.0. The summed E-state index contributed by atoms with van der Waals surface area (Å²) in [5, 5.41) is 0. The largest absolute Gasteiger partial charge is 0.426 e. The van der Waals surface area contributed by atoms with Crippen LogP contribution in [-0.4, -0.2) is 23.9 Å². The monoisotopic (exact) mass is 1660 g/mol. The molecule has 0 aliphatic heterocycles. The lowest BCUT2D eigenvalue weighted by Crippen LogP contribution is -2.28. The Balaban J connectivity index is 0.000000770. The van der Waals surface area contributed by atoms with Crippen molar-refractivity contribution in [2.45, 2.75) is 241 Å². The predicted molar refractivity (Wildman–Crippen MR) is 508 cm³/mol. The first-order valence-corrected chi connectivity index (χ1v) is 42.6. The van der Waals surface area contributed by atoms with Crippen LogP contribution in [0.2, 0.25) is 0 Å². The Hall–Kier alpha value is -10.1. The average Bonchev–Trinajstić information content (AvgIpc) is 0.764. The van der Waals surface area contributed by atoms with Crippen LogP contribution in [0.3, 0.4) is 0 Å². The molecule has 0 saturated heterocycles. The fourth-order valence-corrected chi connectivity index (χ4v) is 20.0. The van der Waals surface area contributed by atoms with Crippen molar-refractivity contribution in [3.05, 3.63) is 338 Å². The van der Waals surface area contributed by atoms with Gasteiger partial charge in [-0.15, -0.1) is 0 Å². The molecule has 0 aliphatic rings. The van der Waals surface area contributed by atoms with Gasteiger partial charge in [0.05, 0.1) is 66.2 Å². The van der Waals surface area contributed by atoms with Gasteiger partial charge in [-0.3, -0.25) is 19.2 Å². The Kier molecular flexibility index (Phi) is 46.7. The summed E-state index contributed by atoms with van der Waals surface area (Å²) in [4.78, 5) is 64.2. The zero-order chi connectivity index (χ0) is 78.7. The molecule has 12 rings (SSSR count). The second-order valence-corrected chi connectivity index (χ2v) is 36.3. The number of carbonyl (C=O) groups excluding carboxylic acids is 4. The number of aryl methyl sites for hydroxylation is 4. The molecule has 2 atom stereocenters. The van der Waals surface area contributed by atoms with E-state index in [0.717, 1.165) is 47.9 Å². The molecular weight excluding hydrogens is 1530 g/mol. The first kappa shape index (κ1) is 106. The van der Waals surface area contributed by atoms with Crippen molar-refractivity contribution in [3.8, 4) is 23.0 Å². The highest BCUT2D eigenvalue weighted by atomic mass is 32.2. The maximum absolute atomic E-state index is 12.6. The molecule has 118 heavy (non-hydrogen) atoms. The minimum Gasteiger partial charge on any atom is -0.426 e. The summed E-state index contributed by atoms with van der Waals surface area (Å²) >= 11 is 0. The van der Waals surface area contributed by atoms with Gasteiger partial charge in [0.25, 0.3) is 0 Å². The van der Waals surface area contributed by atoms with Crippen LogP contribution in [0.1, 0.15) is 177 Å². The van der Waals surface area contributed by atoms with Crippen molar-refractivity contribution in [1.29, 1.82) is 0 Å². The number of hydrogen-bond acceptors (Lipinski definition) is 8. The molecule has 12 aromatic carbocycles. The van der Waals surface area contributed by atoms with Crippen LogP contribution in [-0.2, 0) is 62.8 Å². The summed E-state index contributed by atoms with van der Waals surface area (Å²) in [6, 6.07) is 109. The van der Waals surface area contributed by atoms with E-state index in [-0.39, 0.29) is 139 Å². The van der Waals surface area contributed by atoms with Crippen molar-refractivity contribution < 1.29 is 38.1 Å². The van der Waals surface area contributed by atoms with Gasteiger partial charge in [0.15, 0.2) is 58.7 Å². The van der Waals surface area contributed by atoms with Gasteiger partial charge in [-0.1, -0.05) is 247 Å². The summed E-state index contributed by atoms with van der Waals surface area (Å²) in [6.07, 6.45) is 3.05. The second-order valence-electron chi connectivity index (χ2n) is 28.2. The molecule has 0 spiro atoms. The minimum absolute atomic E-state index is 0. The van der Waals surface area contributed by atoms with Gasteiger partial charge in [-0.05, 0) is 249 Å². The van der Waals surface area contributed by atoms with Crippen molar-refractivity contribution in [2.75, 3.05) is 0 Å². The van der Waals surface area contributed by atoms with E-state index in [9.17, 15) is 19.2 Å². The van der Waals surface area contributed by atoms with E-state index in [2.05, 4.69) is 243 Å². The molecule has 0 amide bonds. The molecule has 12 aromatic rings. The van der Waals surface area contributed by atoms with Crippen molar-refractivity contribution in [3.63, 3.8) is 0 Å². The zero-order valence-corrected chi connectivity index (χ0v) is 69.2.